The van der Waals surface area contributed by atoms with Gasteiger partial charge in [0.25, 0.3) is 0 Å². The van der Waals surface area contributed by atoms with E-state index < -0.39 is 0 Å². The number of ether oxygens (including phenoxy) is 1. The van der Waals surface area contributed by atoms with Gasteiger partial charge in [-0.3, -0.25) is 9.98 Å². The van der Waals surface area contributed by atoms with Gasteiger partial charge in [-0.15, -0.1) is 24.0 Å². The second-order valence-corrected chi connectivity index (χ2v) is 6.52. The first kappa shape index (κ1) is 24.4. The summed E-state index contributed by atoms with van der Waals surface area (Å²) in [4.78, 5) is 8.78. The Morgan fingerprint density at radius 2 is 1.96 bits per heavy atom. The van der Waals surface area contributed by atoms with Gasteiger partial charge in [0.2, 0.25) is 0 Å². The van der Waals surface area contributed by atoms with E-state index in [1.54, 1.807) is 0 Å². The average molecular weight is 496 g/mol. The molecule has 1 heterocycles. The molecule has 2 rings (SSSR count). The van der Waals surface area contributed by atoms with E-state index in [0.29, 0.717) is 6.61 Å². The highest BCUT2D eigenvalue weighted by Crippen LogP contribution is 2.15. The Labute approximate surface area is 186 Å². The maximum absolute atomic E-state index is 5.91. The van der Waals surface area contributed by atoms with Gasteiger partial charge in [0.15, 0.2) is 5.96 Å². The van der Waals surface area contributed by atoms with Crippen LogP contribution in [-0.2, 0) is 11.2 Å². The number of aryl methyl sites for hydroxylation is 1. The molecule has 1 unspecified atom stereocenters. The van der Waals surface area contributed by atoms with E-state index in [1.165, 1.54) is 16.7 Å². The first-order valence-corrected chi connectivity index (χ1v) is 9.79. The second-order valence-electron chi connectivity index (χ2n) is 6.52. The smallest absolute Gasteiger partial charge is 0.191 e. The zero-order chi connectivity index (χ0) is 19.3. The Morgan fingerprint density at radius 1 is 1.18 bits per heavy atom. The van der Waals surface area contributed by atoms with Gasteiger partial charge in [-0.1, -0.05) is 30.3 Å². The zero-order valence-corrected chi connectivity index (χ0v) is 19.5. The Hall–Kier alpha value is -1.67. The fourth-order valence-electron chi connectivity index (χ4n) is 2.78. The second kappa shape index (κ2) is 14.3. The molecule has 1 aromatic heterocycles. The minimum atomic E-state index is 0. The van der Waals surface area contributed by atoms with Crippen LogP contribution in [0.15, 0.2) is 53.8 Å². The summed E-state index contributed by atoms with van der Waals surface area (Å²) >= 11 is 0. The minimum Gasteiger partial charge on any atom is -0.374 e. The molecule has 0 aliphatic heterocycles. The van der Waals surface area contributed by atoms with Crippen LogP contribution in [0.5, 0.6) is 0 Å². The third-order valence-electron chi connectivity index (χ3n) is 4.38. The highest BCUT2D eigenvalue weighted by Gasteiger charge is 2.04. The molecule has 0 amide bonds. The van der Waals surface area contributed by atoms with Gasteiger partial charge in [0.1, 0.15) is 0 Å². The molecule has 2 aromatic rings. The number of benzene rings is 1. The lowest BCUT2D eigenvalue weighted by Crippen LogP contribution is -2.38. The predicted octanol–water partition coefficient (Wildman–Crippen LogP) is 4.27. The van der Waals surface area contributed by atoms with Crippen LogP contribution in [0, 0.1) is 6.92 Å². The number of hydrogen-bond donors (Lipinski definition) is 2. The number of aliphatic imine (C=N–C) groups is 1. The molecule has 0 aliphatic carbocycles. The number of halogens is 1. The lowest BCUT2D eigenvalue weighted by molar-refractivity contribution is 0.0652. The standard InChI is InChI=1S/C22H32N4O.HI/c1-4-24-22(26-15-12-20-11-14-23-17-18(20)2)25-13-8-16-27-19(3)21-9-6-5-7-10-21;/h5-7,9-11,14,17,19H,4,8,12-13,15-16H2,1-3H3,(H2,24,25,26);1H. The molecule has 0 aliphatic rings. The lowest BCUT2D eigenvalue weighted by atomic mass is 10.1. The van der Waals surface area contributed by atoms with E-state index in [9.17, 15) is 0 Å². The van der Waals surface area contributed by atoms with Gasteiger partial charge in [-0.2, -0.15) is 0 Å². The van der Waals surface area contributed by atoms with Gasteiger partial charge in [-0.05, 0) is 56.4 Å². The van der Waals surface area contributed by atoms with Gasteiger partial charge in [-0.25, -0.2) is 0 Å². The van der Waals surface area contributed by atoms with Crippen LogP contribution in [0.1, 0.15) is 43.1 Å². The fraction of sp³-hybridized carbons (Fsp3) is 0.455. The Morgan fingerprint density at radius 3 is 2.68 bits per heavy atom. The maximum atomic E-state index is 5.91. The first-order valence-electron chi connectivity index (χ1n) is 9.79. The van der Waals surface area contributed by atoms with E-state index in [0.717, 1.165) is 38.4 Å². The summed E-state index contributed by atoms with van der Waals surface area (Å²) in [5.74, 6) is 0.861. The maximum Gasteiger partial charge on any atom is 0.191 e. The number of guanidine groups is 1. The third-order valence-corrected chi connectivity index (χ3v) is 4.38. The van der Waals surface area contributed by atoms with Crippen LogP contribution in [0.3, 0.4) is 0 Å². The molecule has 0 spiro atoms. The number of nitrogens with one attached hydrogen (secondary N) is 2. The monoisotopic (exact) mass is 496 g/mol. The van der Waals surface area contributed by atoms with Gasteiger partial charge >= 0.3 is 0 Å². The molecule has 1 aromatic carbocycles. The van der Waals surface area contributed by atoms with Crippen LogP contribution in [-0.4, -0.2) is 37.2 Å². The number of hydrogen-bond acceptors (Lipinski definition) is 3. The third kappa shape index (κ3) is 9.01. The molecule has 0 saturated carbocycles. The molecule has 154 valence electrons. The molecule has 2 N–H and O–H groups in total. The van der Waals surface area contributed by atoms with Crippen molar-refractivity contribution in [2.75, 3.05) is 26.2 Å². The largest absolute Gasteiger partial charge is 0.374 e. The summed E-state index contributed by atoms with van der Waals surface area (Å²) in [6.07, 6.45) is 5.72. The summed E-state index contributed by atoms with van der Waals surface area (Å²) in [5, 5.41) is 6.69. The molecule has 0 bridgehead atoms. The van der Waals surface area contributed by atoms with E-state index >= 15 is 0 Å². The summed E-state index contributed by atoms with van der Waals surface area (Å²) in [5.41, 5.74) is 3.75. The first-order chi connectivity index (χ1) is 13.2. The molecule has 0 fully saturated rings. The Balaban J connectivity index is 0.00000392. The Kier molecular flexibility index (Phi) is 12.5. The number of rotatable bonds is 10. The van der Waals surface area contributed by atoms with Crippen molar-refractivity contribution in [2.24, 2.45) is 4.99 Å². The van der Waals surface area contributed by atoms with Crippen molar-refractivity contribution in [2.45, 2.75) is 39.7 Å². The van der Waals surface area contributed by atoms with E-state index in [-0.39, 0.29) is 30.1 Å². The van der Waals surface area contributed by atoms with Crippen molar-refractivity contribution in [3.63, 3.8) is 0 Å². The van der Waals surface area contributed by atoms with Crippen LogP contribution in [0.2, 0.25) is 0 Å². The Bertz CT molecular complexity index is 694. The molecular formula is C22H33IN4O. The molecular weight excluding hydrogens is 463 g/mol. The molecule has 0 saturated heterocycles. The summed E-state index contributed by atoms with van der Waals surface area (Å²) < 4.78 is 5.91. The highest BCUT2D eigenvalue weighted by atomic mass is 127. The molecule has 1 atom stereocenters. The van der Waals surface area contributed by atoms with Crippen LogP contribution in [0.4, 0.5) is 0 Å². The zero-order valence-electron chi connectivity index (χ0n) is 17.1. The molecule has 5 nitrogen and oxygen atoms in total. The van der Waals surface area contributed by atoms with Crippen molar-refractivity contribution in [1.82, 2.24) is 15.6 Å². The molecule has 6 heteroatoms. The molecule has 28 heavy (non-hydrogen) atoms. The van der Waals surface area contributed by atoms with Gasteiger partial charge < -0.3 is 15.4 Å². The van der Waals surface area contributed by atoms with Crippen molar-refractivity contribution in [3.05, 3.63) is 65.5 Å². The molecule has 0 radical (unpaired) electrons. The fourth-order valence-corrected chi connectivity index (χ4v) is 2.78. The van der Waals surface area contributed by atoms with Crippen LogP contribution in [0.25, 0.3) is 0 Å². The van der Waals surface area contributed by atoms with Crippen molar-refractivity contribution < 1.29 is 4.74 Å². The van der Waals surface area contributed by atoms with Crippen LogP contribution >= 0.6 is 24.0 Å². The number of aromatic nitrogens is 1. The number of nitrogens with zero attached hydrogens (tertiary/aromatic N) is 2. The normalized spacial score (nSPS) is 12.2. The minimum absolute atomic E-state index is 0. The van der Waals surface area contributed by atoms with Crippen molar-refractivity contribution >= 4 is 29.9 Å². The van der Waals surface area contributed by atoms with Crippen LogP contribution < -0.4 is 10.6 Å². The highest BCUT2D eigenvalue weighted by molar-refractivity contribution is 14.0. The summed E-state index contributed by atoms with van der Waals surface area (Å²) in [7, 11) is 0. The van der Waals surface area contributed by atoms with E-state index in [4.69, 9.17) is 4.74 Å². The SMILES string of the molecule is CCNC(=NCCCOC(C)c1ccccc1)NCCc1ccncc1C.I. The van der Waals surface area contributed by atoms with Crippen molar-refractivity contribution in [3.8, 4) is 0 Å². The summed E-state index contributed by atoms with van der Waals surface area (Å²) in [6, 6.07) is 12.4. The predicted molar refractivity (Wildman–Crippen MR) is 128 cm³/mol. The average Bonchev–Trinajstić information content (AvgIpc) is 2.69. The lowest BCUT2D eigenvalue weighted by Gasteiger charge is -2.14. The number of pyridine rings is 1. The van der Waals surface area contributed by atoms with E-state index in [1.807, 2.05) is 30.6 Å². The topological polar surface area (TPSA) is 58.5 Å². The quantitative estimate of drug-likeness (QED) is 0.223. The summed E-state index contributed by atoms with van der Waals surface area (Å²) in [6.45, 7) is 9.40. The van der Waals surface area contributed by atoms with Crippen molar-refractivity contribution in [1.29, 1.82) is 0 Å². The van der Waals surface area contributed by atoms with Gasteiger partial charge in [0.05, 0.1) is 6.10 Å². The van der Waals surface area contributed by atoms with Gasteiger partial charge in [0, 0.05) is 38.6 Å². The van der Waals surface area contributed by atoms with E-state index in [2.05, 4.69) is 59.6 Å².